The number of hydrogen-bond acceptors (Lipinski definition) is 6. The number of methoxy groups -OCH3 is 1. The number of aromatic nitrogens is 2. The van der Waals surface area contributed by atoms with E-state index in [1.165, 1.54) is 0 Å². The third kappa shape index (κ3) is 4.90. The van der Waals surface area contributed by atoms with Crippen molar-refractivity contribution in [3.63, 3.8) is 0 Å². The minimum absolute atomic E-state index is 0. The molecule has 0 unspecified atom stereocenters. The molecule has 0 aliphatic carbocycles. The van der Waals surface area contributed by atoms with E-state index in [-0.39, 0.29) is 24.2 Å². The highest BCUT2D eigenvalue weighted by molar-refractivity contribution is 6.06. The van der Waals surface area contributed by atoms with Crippen LogP contribution < -0.4 is 10.6 Å². The predicted molar refractivity (Wildman–Crippen MR) is 95.0 cm³/mol. The van der Waals surface area contributed by atoms with Gasteiger partial charge in [-0.3, -0.25) is 4.79 Å². The van der Waals surface area contributed by atoms with Gasteiger partial charge in [-0.1, -0.05) is 19.0 Å². The van der Waals surface area contributed by atoms with E-state index < -0.39 is 0 Å². The number of amides is 1. The van der Waals surface area contributed by atoms with Gasteiger partial charge in [0.05, 0.1) is 23.3 Å². The summed E-state index contributed by atoms with van der Waals surface area (Å²) in [6.45, 7) is 8.48. The number of ether oxygens (including phenoxy) is 1. The minimum atomic E-state index is -0.140. The Kier molecular flexibility index (Phi) is 8.10. The summed E-state index contributed by atoms with van der Waals surface area (Å²) in [6.07, 6.45) is 0. The van der Waals surface area contributed by atoms with E-state index in [1.54, 1.807) is 13.2 Å². The van der Waals surface area contributed by atoms with Gasteiger partial charge < -0.3 is 19.9 Å². The van der Waals surface area contributed by atoms with Crippen LogP contribution in [-0.4, -0.2) is 49.4 Å². The Balaban J connectivity index is 0.00000288. The minimum Gasteiger partial charge on any atom is -0.383 e. The second kappa shape index (κ2) is 9.56. The van der Waals surface area contributed by atoms with E-state index in [2.05, 4.69) is 20.8 Å². The lowest BCUT2D eigenvalue weighted by Crippen LogP contribution is -2.33. The highest BCUT2D eigenvalue weighted by Crippen LogP contribution is 2.27. The molecule has 0 atom stereocenters. The SMILES string of the molecule is COCCNCCNC(=O)c1cc(C)nc2onc(C(C)C)c12.Cl. The molecule has 134 valence electrons. The number of aryl methyl sites for hydroxylation is 1. The van der Waals surface area contributed by atoms with Gasteiger partial charge in [-0.05, 0) is 18.9 Å². The van der Waals surface area contributed by atoms with E-state index in [1.807, 2.05) is 20.8 Å². The van der Waals surface area contributed by atoms with Crippen LogP contribution in [-0.2, 0) is 4.74 Å². The number of nitrogens with zero attached hydrogens (tertiary/aromatic N) is 2. The highest BCUT2D eigenvalue weighted by atomic mass is 35.5. The molecule has 0 aromatic carbocycles. The molecular formula is C16H25ClN4O3. The third-order valence-electron chi connectivity index (χ3n) is 3.46. The fourth-order valence-electron chi connectivity index (χ4n) is 2.33. The van der Waals surface area contributed by atoms with Crippen LogP contribution in [0.15, 0.2) is 10.6 Å². The molecule has 7 nitrogen and oxygen atoms in total. The van der Waals surface area contributed by atoms with Crippen LogP contribution in [0.3, 0.4) is 0 Å². The highest BCUT2D eigenvalue weighted by Gasteiger charge is 2.21. The summed E-state index contributed by atoms with van der Waals surface area (Å²) in [5, 5.41) is 10.9. The van der Waals surface area contributed by atoms with Gasteiger partial charge in [0.1, 0.15) is 0 Å². The third-order valence-corrected chi connectivity index (χ3v) is 3.46. The first-order chi connectivity index (χ1) is 11.0. The first kappa shape index (κ1) is 20.3. The predicted octanol–water partition coefficient (Wildman–Crippen LogP) is 2.04. The molecule has 0 radical (unpaired) electrons. The zero-order valence-electron chi connectivity index (χ0n) is 14.5. The Morgan fingerprint density at radius 1 is 1.33 bits per heavy atom. The monoisotopic (exact) mass is 356 g/mol. The summed E-state index contributed by atoms with van der Waals surface area (Å²) in [7, 11) is 1.66. The van der Waals surface area contributed by atoms with Crippen LogP contribution in [0.5, 0.6) is 0 Å². The van der Waals surface area contributed by atoms with Gasteiger partial charge in [-0.25, -0.2) is 4.98 Å². The van der Waals surface area contributed by atoms with Crippen LogP contribution in [0.4, 0.5) is 0 Å². The van der Waals surface area contributed by atoms with E-state index in [0.29, 0.717) is 36.4 Å². The van der Waals surface area contributed by atoms with Gasteiger partial charge in [0.15, 0.2) is 0 Å². The van der Waals surface area contributed by atoms with Crippen LogP contribution in [0.2, 0.25) is 0 Å². The second-order valence-corrected chi connectivity index (χ2v) is 5.71. The van der Waals surface area contributed by atoms with Crippen molar-refractivity contribution in [1.29, 1.82) is 0 Å². The van der Waals surface area contributed by atoms with E-state index >= 15 is 0 Å². The van der Waals surface area contributed by atoms with Crippen LogP contribution in [0, 0.1) is 6.92 Å². The molecule has 0 saturated heterocycles. The normalized spacial score (nSPS) is 10.9. The molecule has 0 aliphatic rings. The standard InChI is InChI=1S/C16H24N4O3.ClH/c1-10(2)14-13-12(9-11(3)19-16(13)23-20-14)15(21)18-6-5-17-7-8-22-4;/h9-10,17H,5-8H2,1-4H3,(H,18,21);1H. The molecule has 2 rings (SSSR count). The molecule has 2 N–H and O–H groups in total. The maximum atomic E-state index is 12.5. The molecule has 2 aromatic heterocycles. The summed E-state index contributed by atoms with van der Waals surface area (Å²) in [5.41, 5.74) is 2.47. The summed E-state index contributed by atoms with van der Waals surface area (Å²) in [5.74, 6) is 0.0159. The van der Waals surface area contributed by atoms with Crippen molar-refractivity contribution in [3.8, 4) is 0 Å². The number of nitrogens with one attached hydrogen (secondary N) is 2. The van der Waals surface area contributed by atoms with Crippen molar-refractivity contribution in [2.24, 2.45) is 0 Å². The van der Waals surface area contributed by atoms with E-state index in [4.69, 9.17) is 9.26 Å². The second-order valence-electron chi connectivity index (χ2n) is 5.71. The van der Waals surface area contributed by atoms with Gasteiger partial charge in [0, 0.05) is 32.4 Å². The summed E-state index contributed by atoms with van der Waals surface area (Å²) < 4.78 is 10.2. The number of pyridine rings is 1. The van der Waals surface area contributed by atoms with Crippen LogP contribution in [0.1, 0.15) is 41.5 Å². The first-order valence-electron chi connectivity index (χ1n) is 7.79. The maximum absolute atomic E-state index is 12.5. The van der Waals surface area contributed by atoms with Crippen molar-refractivity contribution < 1.29 is 14.1 Å². The molecule has 0 aliphatic heterocycles. The Bertz CT molecular complexity index is 673. The van der Waals surface area contributed by atoms with Gasteiger partial charge in [-0.15, -0.1) is 12.4 Å². The number of fused-ring (bicyclic) bond motifs is 1. The number of halogens is 1. The summed E-state index contributed by atoms with van der Waals surface area (Å²) >= 11 is 0. The Labute approximate surface area is 147 Å². The average molecular weight is 357 g/mol. The van der Waals surface area contributed by atoms with Crippen molar-refractivity contribution >= 4 is 29.4 Å². The molecule has 2 aromatic rings. The lowest BCUT2D eigenvalue weighted by molar-refractivity contribution is 0.0955. The van der Waals surface area contributed by atoms with Crippen molar-refractivity contribution in [1.82, 2.24) is 20.8 Å². The zero-order chi connectivity index (χ0) is 16.8. The van der Waals surface area contributed by atoms with Gasteiger partial charge in [0.2, 0.25) is 0 Å². The molecule has 24 heavy (non-hydrogen) atoms. The topological polar surface area (TPSA) is 89.3 Å². The molecule has 1 amide bonds. The van der Waals surface area contributed by atoms with Gasteiger partial charge >= 0.3 is 0 Å². The lowest BCUT2D eigenvalue weighted by Gasteiger charge is -2.09. The number of rotatable bonds is 8. The summed E-state index contributed by atoms with van der Waals surface area (Å²) in [6, 6.07) is 1.78. The number of hydrogen-bond donors (Lipinski definition) is 2. The van der Waals surface area contributed by atoms with Crippen LogP contribution >= 0.6 is 12.4 Å². The molecule has 0 fully saturated rings. The molecular weight excluding hydrogens is 332 g/mol. The molecule has 0 saturated carbocycles. The molecule has 0 spiro atoms. The van der Waals surface area contributed by atoms with E-state index in [0.717, 1.165) is 17.9 Å². The Hall–Kier alpha value is -1.70. The molecule has 8 heteroatoms. The summed E-state index contributed by atoms with van der Waals surface area (Å²) in [4.78, 5) is 16.8. The Morgan fingerprint density at radius 3 is 2.75 bits per heavy atom. The first-order valence-corrected chi connectivity index (χ1v) is 7.79. The van der Waals surface area contributed by atoms with Gasteiger partial charge in [-0.2, -0.15) is 0 Å². The zero-order valence-corrected chi connectivity index (χ0v) is 15.3. The molecule has 0 bridgehead atoms. The number of carbonyl (C=O) groups is 1. The van der Waals surface area contributed by atoms with Crippen molar-refractivity contribution in [2.75, 3.05) is 33.4 Å². The van der Waals surface area contributed by atoms with Crippen LogP contribution in [0.25, 0.3) is 11.1 Å². The smallest absolute Gasteiger partial charge is 0.259 e. The maximum Gasteiger partial charge on any atom is 0.259 e. The molecule has 2 heterocycles. The fraction of sp³-hybridized carbons (Fsp3) is 0.562. The fourth-order valence-corrected chi connectivity index (χ4v) is 2.33. The largest absolute Gasteiger partial charge is 0.383 e. The van der Waals surface area contributed by atoms with Crippen molar-refractivity contribution in [3.05, 3.63) is 23.0 Å². The lowest BCUT2D eigenvalue weighted by atomic mass is 10.0. The average Bonchev–Trinajstić information content (AvgIpc) is 2.93. The van der Waals surface area contributed by atoms with Gasteiger partial charge in [0.25, 0.3) is 11.6 Å². The van der Waals surface area contributed by atoms with Crippen molar-refractivity contribution in [2.45, 2.75) is 26.7 Å². The number of carbonyl (C=O) groups excluding carboxylic acids is 1. The Morgan fingerprint density at radius 2 is 2.08 bits per heavy atom. The van der Waals surface area contributed by atoms with E-state index in [9.17, 15) is 4.79 Å². The quantitative estimate of drug-likeness (QED) is 0.703.